The first-order valence-electron chi connectivity index (χ1n) is 20.7. The Morgan fingerprint density at radius 2 is 1.18 bits per heavy atom. The molecule has 56 heavy (non-hydrogen) atoms. The van der Waals surface area contributed by atoms with Gasteiger partial charge in [-0.2, -0.15) is 0 Å². The third kappa shape index (κ3) is 38.0. The SMILES string of the molecule is CC/C=C\C(O)C/C=C/C=C\C/C=C\C/C=C\CCCC(=O)O[C@H](COC(=O)CCCCCCC/C=C\C/C=C\CCCCC)COP(=O)(O)OC[C@@H](O)CO. The Bertz CT molecular complexity index is 1220. The molecule has 0 aromatic heterocycles. The first kappa shape index (κ1) is 53.1. The number of carbonyl (C=O) groups is 2. The minimum Gasteiger partial charge on any atom is -0.462 e. The van der Waals surface area contributed by atoms with Crippen molar-refractivity contribution < 1.29 is 52.9 Å². The summed E-state index contributed by atoms with van der Waals surface area (Å²) in [5.41, 5.74) is 0. The topological polar surface area (TPSA) is 169 Å². The molecule has 0 bridgehead atoms. The van der Waals surface area contributed by atoms with Gasteiger partial charge in [0.1, 0.15) is 12.7 Å². The third-order valence-electron chi connectivity index (χ3n) is 8.11. The van der Waals surface area contributed by atoms with Gasteiger partial charge in [-0.05, 0) is 77.0 Å². The lowest BCUT2D eigenvalue weighted by Crippen LogP contribution is -2.29. The quantitative estimate of drug-likeness (QED) is 0.0155. The van der Waals surface area contributed by atoms with E-state index in [2.05, 4.69) is 41.8 Å². The molecule has 2 unspecified atom stereocenters. The van der Waals surface area contributed by atoms with Gasteiger partial charge >= 0.3 is 19.8 Å². The van der Waals surface area contributed by atoms with Gasteiger partial charge in [-0.25, -0.2) is 4.57 Å². The minimum atomic E-state index is -4.65. The van der Waals surface area contributed by atoms with Crippen LogP contribution in [0.5, 0.6) is 0 Å². The molecule has 0 fully saturated rings. The Labute approximate surface area is 337 Å². The van der Waals surface area contributed by atoms with Gasteiger partial charge in [-0.15, -0.1) is 0 Å². The van der Waals surface area contributed by atoms with E-state index in [1.165, 1.54) is 19.3 Å². The van der Waals surface area contributed by atoms with Crippen LogP contribution in [0.3, 0.4) is 0 Å². The van der Waals surface area contributed by atoms with Crippen molar-refractivity contribution in [2.24, 2.45) is 0 Å². The molecule has 0 aliphatic rings. The van der Waals surface area contributed by atoms with E-state index in [1.54, 1.807) is 6.08 Å². The average molecular weight is 809 g/mol. The monoisotopic (exact) mass is 808 g/mol. The number of esters is 2. The number of aliphatic hydroxyl groups is 3. The maximum Gasteiger partial charge on any atom is 0.472 e. The summed E-state index contributed by atoms with van der Waals surface area (Å²) in [4.78, 5) is 34.9. The van der Waals surface area contributed by atoms with Crippen LogP contribution in [0.25, 0.3) is 0 Å². The molecule has 0 radical (unpaired) electrons. The Morgan fingerprint density at radius 1 is 0.625 bits per heavy atom. The highest BCUT2D eigenvalue weighted by Crippen LogP contribution is 2.43. The van der Waals surface area contributed by atoms with Crippen molar-refractivity contribution in [3.8, 4) is 0 Å². The molecule has 0 heterocycles. The van der Waals surface area contributed by atoms with Crippen molar-refractivity contribution in [3.63, 3.8) is 0 Å². The molecular formula is C44H73O11P. The lowest BCUT2D eigenvalue weighted by Gasteiger charge is -2.20. The smallest absolute Gasteiger partial charge is 0.462 e. The Balaban J connectivity index is 4.51. The normalized spacial score (nSPS) is 15.3. The second-order valence-corrected chi connectivity index (χ2v) is 14.9. The van der Waals surface area contributed by atoms with E-state index >= 15 is 0 Å². The number of ether oxygens (including phenoxy) is 2. The standard InChI is InChI=1S/C44H73O11P/c1-3-5-7-8-9-10-11-12-13-14-18-21-24-27-30-34-43(48)52-38-42(39-54-56(50,51)53-37-41(47)36-45)55-44(49)35-31-28-25-22-19-16-15-17-20-23-26-29-33-40(46)32-6-4-2/h6,9-10,12-13,15-16,20,22-23,25-26,29,32,40-42,45-47H,3-5,7-8,11,14,17-19,21,24,27-28,30-31,33-39H2,1-2H3,(H,50,51)/b10-9-,13-12-,16-15-,23-20-,25-22-,29-26+,32-6-/t40?,41-,42+/m0/s1. The van der Waals surface area contributed by atoms with E-state index in [0.717, 1.165) is 64.2 Å². The van der Waals surface area contributed by atoms with Gasteiger partial charge in [-0.1, -0.05) is 131 Å². The summed E-state index contributed by atoms with van der Waals surface area (Å²) >= 11 is 0. The Hall–Kier alpha value is -2.89. The van der Waals surface area contributed by atoms with E-state index in [-0.39, 0.29) is 19.4 Å². The van der Waals surface area contributed by atoms with Gasteiger partial charge in [-0.3, -0.25) is 18.6 Å². The maximum atomic E-state index is 12.6. The largest absolute Gasteiger partial charge is 0.472 e. The summed E-state index contributed by atoms with van der Waals surface area (Å²) in [5.74, 6) is -1.04. The van der Waals surface area contributed by atoms with E-state index in [4.69, 9.17) is 19.1 Å². The molecular weight excluding hydrogens is 735 g/mol. The molecule has 0 spiro atoms. The number of rotatable bonds is 37. The molecule has 320 valence electrons. The van der Waals surface area contributed by atoms with Crippen LogP contribution in [-0.2, 0) is 32.7 Å². The molecule has 4 N–H and O–H groups in total. The fraction of sp³-hybridized carbons (Fsp3) is 0.636. The molecule has 0 aliphatic carbocycles. The molecule has 0 aliphatic heterocycles. The average Bonchev–Trinajstić information content (AvgIpc) is 3.18. The van der Waals surface area contributed by atoms with Crippen molar-refractivity contribution in [1.82, 2.24) is 0 Å². The first-order valence-corrected chi connectivity index (χ1v) is 22.1. The lowest BCUT2D eigenvalue weighted by atomic mass is 10.1. The van der Waals surface area contributed by atoms with Crippen molar-refractivity contribution >= 4 is 19.8 Å². The van der Waals surface area contributed by atoms with E-state index in [1.807, 2.05) is 55.5 Å². The molecule has 0 aromatic carbocycles. The second-order valence-electron chi connectivity index (χ2n) is 13.5. The lowest BCUT2D eigenvalue weighted by molar-refractivity contribution is -0.161. The van der Waals surface area contributed by atoms with Crippen molar-refractivity contribution in [3.05, 3.63) is 85.1 Å². The molecule has 0 saturated carbocycles. The molecule has 0 saturated heterocycles. The van der Waals surface area contributed by atoms with Crippen LogP contribution < -0.4 is 0 Å². The Morgan fingerprint density at radius 3 is 1.84 bits per heavy atom. The molecule has 12 heteroatoms. The van der Waals surface area contributed by atoms with Crippen LogP contribution in [0, 0.1) is 0 Å². The first-order chi connectivity index (χ1) is 27.1. The van der Waals surface area contributed by atoms with Gasteiger partial charge in [0.2, 0.25) is 0 Å². The predicted molar refractivity (Wildman–Crippen MR) is 225 cm³/mol. The number of aliphatic hydroxyl groups excluding tert-OH is 3. The third-order valence-corrected chi connectivity index (χ3v) is 9.06. The van der Waals surface area contributed by atoms with Crippen LogP contribution in [0.1, 0.15) is 136 Å². The van der Waals surface area contributed by atoms with Crippen LogP contribution in [0.2, 0.25) is 0 Å². The number of allylic oxidation sites excluding steroid dienone is 12. The van der Waals surface area contributed by atoms with E-state index < -0.39 is 57.9 Å². The molecule has 11 nitrogen and oxygen atoms in total. The van der Waals surface area contributed by atoms with Crippen LogP contribution >= 0.6 is 7.82 Å². The van der Waals surface area contributed by atoms with Gasteiger partial charge in [0, 0.05) is 12.8 Å². The van der Waals surface area contributed by atoms with Crippen LogP contribution in [0.15, 0.2) is 85.1 Å². The van der Waals surface area contributed by atoms with Crippen molar-refractivity contribution in [2.45, 2.75) is 154 Å². The summed E-state index contributed by atoms with van der Waals surface area (Å²) in [6.45, 7) is 1.99. The zero-order chi connectivity index (χ0) is 41.4. The maximum absolute atomic E-state index is 12.6. The molecule has 0 amide bonds. The summed E-state index contributed by atoms with van der Waals surface area (Å²) < 4.78 is 32.6. The minimum absolute atomic E-state index is 0.0802. The fourth-order valence-corrected chi connectivity index (χ4v) is 5.69. The second kappa shape index (κ2) is 39.0. The van der Waals surface area contributed by atoms with E-state index in [9.17, 15) is 29.3 Å². The Kier molecular flexibility index (Phi) is 36.9. The number of phosphoric acid groups is 1. The number of hydrogen-bond donors (Lipinski definition) is 4. The number of carbonyl (C=O) groups excluding carboxylic acids is 2. The fourth-order valence-electron chi connectivity index (χ4n) is 4.90. The molecule has 0 rings (SSSR count). The van der Waals surface area contributed by atoms with E-state index in [0.29, 0.717) is 25.7 Å². The highest BCUT2D eigenvalue weighted by atomic mass is 31.2. The van der Waals surface area contributed by atoms with Crippen molar-refractivity contribution in [2.75, 3.05) is 26.4 Å². The van der Waals surface area contributed by atoms with Gasteiger partial charge < -0.3 is 29.7 Å². The van der Waals surface area contributed by atoms with Crippen LogP contribution in [0.4, 0.5) is 0 Å². The highest BCUT2D eigenvalue weighted by Gasteiger charge is 2.27. The molecule has 4 atom stereocenters. The number of unbranched alkanes of at least 4 members (excludes halogenated alkanes) is 9. The summed E-state index contributed by atoms with van der Waals surface area (Å²) in [7, 11) is -4.65. The summed E-state index contributed by atoms with van der Waals surface area (Å²) in [6, 6.07) is 0. The zero-order valence-corrected chi connectivity index (χ0v) is 35.1. The van der Waals surface area contributed by atoms with Gasteiger partial charge in [0.25, 0.3) is 0 Å². The summed E-state index contributed by atoms with van der Waals surface area (Å²) in [6.07, 6.45) is 41.8. The van der Waals surface area contributed by atoms with Gasteiger partial charge in [0.15, 0.2) is 6.10 Å². The number of hydrogen-bond acceptors (Lipinski definition) is 10. The zero-order valence-electron chi connectivity index (χ0n) is 34.2. The summed E-state index contributed by atoms with van der Waals surface area (Å²) in [5, 5.41) is 28.1. The highest BCUT2D eigenvalue weighted by molar-refractivity contribution is 7.47. The van der Waals surface area contributed by atoms with Crippen molar-refractivity contribution in [1.29, 1.82) is 0 Å². The molecule has 0 aromatic rings. The van der Waals surface area contributed by atoms with Crippen LogP contribution in [-0.4, -0.2) is 76.9 Å². The predicted octanol–water partition coefficient (Wildman–Crippen LogP) is 9.63. The van der Waals surface area contributed by atoms with Gasteiger partial charge in [0.05, 0.1) is 25.9 Å². The number of phosphoric ester groups is 1.